The van der Waals surface area contributed by atoms with Crippen molar-refractivity contribution in [2.24, 2.45) is 0 Å². The summed E-state index contributed by atoms with van der Waals surface area (Å²) >= 11 is 0. The van der Waals surface area contributed by atoms with Crippen LogP contribution in [0.3, 0.4) is 0 Å². The summed E-state index contributed by atoms with van der Waals surface area (Å²) in [6.07, 6.45) is 11.2. The number of aromatic nitrogens is 3. The molecule has 1 atom stereocenters. The van der Waals surface area contributed by atoms with Gasteiger partial charge in [-0.1, -0.05) is 13.8 Å². The van der Waals surface area contributed by atoms with Crippen LogP contribution in [0.1, 0.15) is 64.0 Å². The quantitative estimate of drug-likeness (QED) is 0.763. The molecule has 2 fully saturated rings. The smallest absolute Gasteiger partial charge is 0.225 e. The number of nitrogens with one attached hydrogen (secondary N) is 1. The molecule has 0 aromatic carbocycles. The number of nitrogens with zero attached hydrogens (tertiary/aromatic N) is 4. The van der Waals surface area contributed by atoms with E-state index < -0.39 is 0 Å². The second-order valence-corrected chi connectivity index (χ2v) is 8.88. The van der Waals surface area contributed by atoms with Crippen LogP contribution in [0.4, 0.5) is 5.95 Å². The van der Waals surface area contributed by atoms with Gasteiger partial charge in [-0.15, -0.1) is 0 Å². The zero-order chi connectivity index (χ0) is 21.6. The molecular weight excluding hydrogens is 390 g/mol. The molecule has 2 aliphatic heterocycles. The number of carbonyl (C=O) groups excluding carboxylic acids is 1. The number of piperidine rings is 1. The van der Waals surface area contributed by atoms with Crippen LogP contribution in [0, 0.1) is 0 Å². The number of pyridine rings is 1. The van der Waals surface area contributed by atoms with Crippen LogP contribution in [-0.2, 0) is 9.53 Å². The van der Waals surface area contributed by atoms with Gasteiger partial charge in [-0.25, -0.2) is 9.97 Å². The average molecular weight is 424 g/mol. The van der Waals surface area contributed by atoms with E-state index in [2.05, 4.69) is 34.0 Å². The number of carbonyl (C=O) groups is 1. The molecule has 2 aromatic heterocycles. The molecule has 0 bridgehead atoms. The van der Waals surface area contributed by atoms with E-state index >= 15 is 0 Å². The molecule has 4 rings (SSSR count). The van der Waals surface area contributed by atoms with Gasteiger partial charge in [-0.3, -0.25) is 9.78 Å². The first-order valence-corrected chi connectivity index (χ1v) is 11.5. The van der Waals surface area contributed by atoms with Gasteiger partial charge >= 0.3 is 0 Å². The molecule has 1 N–H and O–H groups in total. The first-order chi connectivity index (χ1) is 15.1. The standard InChI is InChI=1S/C24H33N5O2/c1-17(2)23-21(18-6-10-25-11-7-18)16-26-24(28-23)29-12-8-19(9-13-29)27-22(30)15-20-5-3-4-14-31-20/h6-7,10-11,16-17,19-20H,3-5,8-9,12-15H2,1-2H3,(H,27,30). The van der Waals surface area contributed by atoms with Crippen LogP contribution in [0.15, 0.2) is 30.7 Å². The molecular formula is C24H33N5O2. The Balaban J connectivity index is 1.35. The van der Waals surface area contributed by atoms with E-state index in [4.69, 9.17) is 9.72 Å². The highest BCUT2D eigenvalue weighted by molar-refractivity contribution is 5.76. The van der Waals surface area contributed by atoms with Crippen LogP contribution >= 0.6 is 0 Å². The number of rotatable bonds is 6. The molecule has 0 spiro atoms. The van der Waals surface area contributed by atoms with Crippen molar-refractivity contribution < 1.29 is 9.53 Å². The molecule has 2 aromatic rings. The fourth-order valence-corrected chi connectivity index (χ4v) is 4.42. The number of hydrogen-bond acceptors (Lipinski definition) is 6. The Morgan fingerprint density at radius 3 is 2.65 bits per heavy atom. The maximum absolute atomic E-state index is 12.4. The predicted octanol–water partition coefficient (Wildman–Crippen LogP) is 3.71. The van der Waals surface area contributed by atoms with E-state index in [1.165, 1.54) is 0 Å². The van der Waals surface area contributed by atoms with Gasteiger partial charge in [0, 0.05) is 49.9 Å². The van der Waals surface area contributed by atoms with E-state index in [1.54, 1.807) is 12.4 Å². The molecule has 1 amide bonds. The Kier molecular flexibility index (Phi) is 7.12. The van der Waals surface area contributed by atoms with Crippen molar-refractivity contribution in [1.29, 1.82) is 0 Å². The Hall–Kier alpha value is -2.54. The predicted molar refractivity (Wildman–Crippen MR) is 121 cm³/mol. The summed E-state index contributed by atoms with van der Waals surface area (Å²) in [7, 11) is 0. The van der Waals surface area contributed by atoms with Gasteiger partial charge in [0.2, 0.25) is 11.9 Å². The lowest BCUT2D eigenvalue weighted by Crippen LogP contribution is -2.46. The summed E-state index contributed by atoms with van der Waals surface area (Å²) < 4.78 is 5.70. The Bertz CT molecular complexity index is 860. The molecule has 1 unspecified atom stereocenters. The van der Waals surface area contributed by atoms with E-state index in [0.29, 0.717) is 12.3 Å². The van der Waals surface area contributed by atoms with Gasteiger partial charge in [0.05, 0.1) is 18.2 Å². The SMILES string of the molecule is CC(C)c1nc(N2CCC(NC(=O)CC3CCCCO3)CC2)ncc1-c1ccncc1. The first-order valence-electron chi connectivity index (χ1n) is 11.5. The zero-order valence-electron chi connectivity index (χ0n) is 18.6. The summed E-state index contributed by atoms with van der Waals surface area (Å²) in [4.78, 5) is 28.3. The monoisotopic (exact) mass is 423 g/mol. The molecule has 0 saturated carbocycles. The number of ether oxygens (including phenoxy) is 1. The lowest BCUT2D eigenvalue weighted by Gasteiger charge is -2.33. The Labute approximate surface area is 184 Å². The van der Waals surface area contributed by atoms with Gasteiger partial charge in [-0.2, -0.15) is 0 Å². The van der Waals surface area contributed by atoms with Gasteiger partial charge in [0.1, 0.15) is 0 Å². The Morgan fingerprint density at radius 2 is 1.97 bits per heavy atom. The third-order valence-corrected chi connectivity index (χ3v) is 6.17. The minimum atomic E-state index is 0.0932. The fraction of sp³-hybridized carbons (Fsp3) is 0.583. The van der Waals surface area contributed by atoms with Gasteiger partial charge < -0.3 is 15.0 Å². The van der Waals surface area contributed by atoms with Crippen LogP contribution in [0.25, 0.3) is 11.1 Å². The van der Waals surface area contributed by atoms with Crippen molar-refractivity contribution in [2.75, 3.05) is 24.6 Å². The fourth-order valence-electron chi connectivity index (χ4n) is 4.42. The van der Waals surface area contributed by atoms with E-state index in [0.717, 1.165) is 74.6 Å². The molecule has 2 aliphatic rings. The summed E-state index contributed by atoms with van der Waals surface area (Å²) in [6, 6.07) is 4.21. The minimum Gasteiger partial charge on any atom is -0.378 e. The highest BCUT2D eigenvalue weighted by Crippen LogP contribution is 2.29. The van der Waals surface area contributed by atoms with Crippen molar-refractivity contribution in [3.05, 3.63) is 36.4 Å². The third kappa shape index (κ3) is 5.58. The molecule has 7 heteroatoms. The minimum absolute atomic E-state index is 0.0932. The van der Waals surface area contributed by atoms with Crippen molar-refractivity contribution in [1.82, 2.24) is 20.3 Å². The van der Waals surface area contributed by atoms with E-state index in [1.807, 2.05) is 18.3 Å². The normalized spacial score (nSPS) is 20.1. The van der Waals surface area contributed by atoms with Gasteiger partial charge in [0.25, 0.3) is 0 Å². The van der Waals surface area contributed by atoms with E-state index in [-0.39, 0.29) is 18.1 Å². The second kappa shape index (κ2) is 10.2. The van der Waals surface area contributed by atoms with Crippen LogP contribution in [0.2, 0.25) is 0 Å². The molecule has 0 radical (unpaired) electrons. The molecule has 31 heavy (non-hydrogen) atoms. The molecule has 166 valence electrons. The van der Waals surface area contributed by atoms with Gasteiger partial charge in [0.15, 0.2) is 0 Å². The largest absolute Gasteiger partial charge is 0.378 e. The zero-order valence-corrected chi connectivity index (χ0v) is 18.6. The summed E-state index contributed by atoms with van der Waals surface area (Å²) in [6.45, 7) is 6.80. The lowest BCUT2D eigenvalue weighted by molar-refractivity contribution is -0.125. The number of hydrogen-bond donors (Lipinski definition) is 1. The van der Waals surface area contributed by atoms with E-state index in [9.17, 15) is 4.79 Å². The highest BCUT2D eigenvalue weighted by atomic mass is 16.5. The molecule has 7 nitrogen and oxygen atoms in total. The highest BCUT2D eigenvalue weighted by Gasteiger charge is 2.25. The first kappa shape index (κ1) is 21.7. The second-order valence-electron chi connectivity index (χ2n) is 8.88. The Morgan fingerprint density at radius 1 is 1.19 bits per heavy atom. The average Bonchev–Trinajstić information content (AvgIpc) is 2.80. The molecule has 0 aliphatic carbocycles. The van der Waals surface area contributed by atoms with Crippen molar-refractivity contribution >= 4 is 11.9 Å². The van der Waals surface area contributed by atoms with Crippen molar-refractivity contribution in [3.63, 3.8) is 0 Å². The summed E-state index contributed by atoms with van der Waals surface area (Å²) in [5.74, 6) is 1.19. The lowest BCUT2D eigenvalue weighted by atomic mass is 10.00. The third-order valence-electron chi connectivity index (χ3n) is 6.17. The topological polar surface area (TPSA) is 80.2 Å². The number of anilines is 1. The van der Waals surface area contributed by atoms with Crippen molar-refractivity contribution in [2.45, 2.75) is 70.4 Å². The van der Waals surface area contributed by atoms with Crippen LogP contribution < -0.4 is 10.2 Å². The summed E-state index contributed by atoms with van der Waals surface area (Å²) in [5.41, 5.74) is 3.21. The maximum Gasteiger partial charge on any atom is 0.225 e. The van der Waals surface area contributed by atoms with Gasteiger partial charge in [-0.05, 0) is 55.7 Å². The van der Waals surface area contributed by atoms with Crippen LogP contribution in [0.5, 0.6) is 0 Å². The number of amides is 1. The summed E-state index contributed by atoms with van der Waals surface area (Å²) in [5, 5.41) is 3.21. The molecule has 2 saturated heterocycles. The van der Waals surface area contributed by atoms with Crippen LogP contribution in [-0.4, -0.2) is 52.7 Å². The van der Waals surface area contributed by atoms with Crippen molar-refractivity contribution in [3.8, 4) is 11.1 Å². The maximum atomic E-state index is 12.4. The molecule has 4 heterocycles.